The SMILES string of the molecule is O=C(O)CCCCCNC(=O)c1cccn1CC(F)(F)F. The highest BCUT2D eigenvalue weighted by atomic mass is 19.4. The topological polar surface area (TPSA) is 71.3 Å². The van der Waals surface area contributed by atoms with E-state index in [0.717, 1.165) is 4.57 Å². The van der Waals surface area contributed by atoms with Crippen molar-refractivity contribution in [1.82, 2.24) is 9.88 Å². The largest absolute Gasteiger partial charge is 0.481 e. The Morgan fingerprint density at radius 1 is 1.24 bits per heavy atom. The van der Waals surface area contributed by atoms with Gasteiger partial charge < -0.3 is 15.0 Å². The average Bonchev–Trinajstić information content (AvgIpc) is 2.78. The van der Waals surface area contributed by atoms with Crippen molar-refractivity contribution >= 4 is 11.9 Å². The minimum atomic E-state index is -4.38. The standard InChI is InChI=1S/C13H17F3N2O3/c14-13(15,16)9-18-8-4-5-10(18)12(21)17-7-3-1-2-6-11(19)20/h4-5,8H,1-3,6-7,9H2,(H,17,21)(H,19,20). The summed E-state index contributed by atoms with van der Waals surface area (Å²) in [6.07, 6.45) is -1.38. The Hall–Kier alpha value is -1.99. The normalized spacial score (nSPS) is 11.4. The van der Waals surface area contributed by atoms with Crippen LogP contribution < -0.4 is 5.32 Å². The number of carbonyl (C=O) groups is 2. The lowest BCUT2D eigenvalue weighted by atomic mass is 10.2. The molecule has 0 spiro atoms. The monoisotopic (exact) mass is 306 g/mol. The summed E-state index contributed by atoms with van der Waals surface area (Å²) in [6, 6.07) is 2.71. The molecule has 2 N–H and O–H groups in total. The molecule has 1 aromatic rings. The van der Waals surface area contributed by atoms with Crippen LogP contribution in [0.5, 0.6) is 0 Å². The molecule has 0 fully saturated rings. The smallest absolute Gasteiger partial charge is 0.406 e. The van der Waals surface area contributed by atoms with E-state index < -0.39 is 24.6 Å². The zero-order valence-electron chi connectivity index (χ0n) is 11.3. The molecule has 0 atom stereocenters. The van der Waals surface area contributed by atoms with E-state index in [0.29, 0.717) is 25.8 Å². The minimum absolute atomic E-state index is 0.0436. The van der Waals surface area contributed by atoms with E-state index >= 15 is 0 Å². The van der Waals surface area contributed by atoms with Crippen molar-refractivity contribution in [2.24, 2.45) is 0 Å². The van der Waals surface area contributed by atoms with Crippen LogP contribution in [0.1, 0.15) is 36.2 Å². The van der Waals surface area contributed by atoms with Gasteiger partial charge in [0.1, 0.15) is 12.2 Å². The quantitative estimate of drug-likeness (QED) is 0.725. The van der Waals surface area contributed by atoms with Gasteiger partial charge in [-0.3, -0.25) is 9.59 Å². The molecule has 21 heavy (non-hydrogen) atoms. The van der Waals surface area contributed by atoms with Crippen LogP contribution in [0.3, 0.4) is 0 Å². The summed E-state index contributed by atoms with van der Waals surface area (Å²) in [6.45, 7) is -0.906. The Morgan fingerprint density at radius 2 is 1.95 bits per heavy atom. The first kappa shape index (κ1) is 17.1. The van der Waals surface area contributed by atoms with E-state index in [9.17, 15) is 22.8 Å². The van der Waals surface area contributed by atoms with Crippen LogP contribution in [0.2, 0.25) is 0 Å². The number of unbranched alkanes of at least 4 members (excludes halogenated alkanes) is 2. The van der Waals surface area contributed by atoms with E-state index in [1.165, 1.54) is 18.3 Å². The Balaban J connectivity index is 2.36. The van der Waals surface area contributed by atoms with Gasteiger partial charge in [0.25, 0.3) is 5.91 Å². The Labute approximate surface area is 119 Å². The maximum Gasteiger partial charge on any atom is 0.406 e. The molecule has 0 aliphatic heterocycles. The zero-order chi connectivity index (χ0) is 15.9. The molecule has 0 aromatic carbocycles. The molecule has 1 heterocycles. The average molecular weight is 306 g/mol. The van der Waals surface area contributed by atoms with Gasteiger partial charge >= 0.3 is 12.1 Å². The number of hydrogen-bond donors (Lipinski definition) is 2. The number of alkyl halides is 3. The van der Waals surface area contributed by atoms with Gasteiger partial charge in [0.05, 0.1) is 0 Å². The fraction of sp³-hybridized carbons (Fsp3) is 0.538. The zero-order valence-corrected chi connectivity index (χ0v) is 11.3. The fourth-order valence-electron chi connectivity index (χ4n) is 1.82. The molecule has 0 bridgehead atoms. The molecule has 0 saturated heterocycles. The van der Waals surface area contributed by atoms with Crippen LogP contribution in [-0.2, 0) is 11.3 Å². The second-order valence-corrected chi connectivity index (χ2v) is 4.60. The predicted octanol–water partition coefficient (Wildman–Crippen LogP) is 2.43. The van der Waals surface area contributed by atoms with E-state index in [1.807, 2.05) is 0 Å². The number of halogens is 3. The van der Waals surface area contributed by atoms with Crippen LogP contribution in [0.25, 0.3) is 0 Å². The number of nitrogens with one attached hydrogen (secondary N) is 1. The molecule has 0 radical (unpaired) electrons. The van der Waals surface area contributed by atoms with E-state index in [4.69, 9.17) is 5.11 Å². The van der Waals surface area contributed by atoms with Gasteiger partial charge in [0, 0.05) is 19.2 Å². The number of carboxylic acid groups (broad SMARTS) is 1. The lowest BCUT2D eigenvalue weighted by Gasteiger charge is -2.11. The van der Waals surface area contributed by atoms with Crippen LogP contribution >= 0.6 is 0 Å². The maximum atomic E-state index is 12.3. The van der Waals surface area contributed by atoms with Crippen molar-refractivity contribution in [1.29, 1.82) is 0 Å². The van der Waals surface area contributed by atoms with Crippen molar-refractivity contribution < 1.29 is 27.9 Å². The molecular weight excluding hydrogens is 289 g/mol. The number of amides is 1. The van der Waals surface area contributed by atoms with E-state index in [2.05, 4.69) is 5.32 Å². The lowest BCUT2D eigenvalue weighted by molar-refractivity contribution is -0.140. The third kappa shape index (κ3) is 6.82. The first-order valence-electron chi connectivity index (χ1n) is 6.51. The highest BCUT2D eigenvalue weighted by Gasteiger charge is 2.29. The third-order valence-corrected chi connectivity index (χ3v) is 2.76. The Kier molecular flexibility index (Phi) is 6.26. The van der Waals surface area contributed by atoms with Crippen LogP contribution in [0, 0.1) is 0 Å². The predicted molar refractivity (Wildman–Crippen MR) is 68.9 cm³/mol. The van der Waals surface area contributed by atoms with Gasteiger partial charge in [-0.2, -0.15) is 13.2 Å². The number of carbonyl (C=O) groups excluding carboxylic acids is 1. The summed E-state index contributed by atoms with van der Waals surface area (Å²) in [7, 11) is 0. The van der Waals surface area contributed by atoms with Crippen molar-refractivity contribution in [3.8, 4) is 0 Å². The number of nitrogens with zero attached hydrogens (tertiary/aromatic N) is 1. The molecule has 0 unspecified atom stereocenters. The molecule has 1 rings (SSSR count). The van der Waals surface area contributed by atoms with E-state index in [1.54, 1.807) is 0 Å². The summed E-state index contributed by atoms with van der Waals surface area (Å²) in [5, 5.41) is 11.0. The number of rotatable bonds is 8. The number of carboxylic acids is 1. The Bertz CT molecular complexity index is 483. The summed E-state index contributed by atoms with van der Waals surface area (Å²) in [5.41, 5.74) is -0.0436. The van der Waals surface area contributed by atoms with Crippen molar-refractivity contribution in [2.75, 3.05) is 6.54 Å². The maximum absolute atomic E-state index is 12.3. The molecule has 5 nitrogen and oxygen atoms in total. The highest BCUT2D eigenvalue weighted by Crippen LogP contribution is 2.19. The van der Waals surface area contributed by atoms with Gasteiger partial charge in [-0.15, -0.1) is 0 Å². The number of aromatic nitrogens is 1. The van der Waals surface area contributed by atoms with Gasteiger partial charge in [-0.1, -0.05) is 6.42 Å². The second-order valence-electron chi connectivity index (χ2n) is 4.60. The van der Waals surface area contributed by atoms with E-state index in [-0.39, 0.29) is 12.1 Å². The molecule has 0 aliphatic rings. The summed E-state index contributed by atoms with van der Waals surface area (Å²) in [4.78, 5) is 22.0. The molecular formula is C13H17F3N2O3. The van der Waals surface area contributed by atoms with Gasteiger partial charge in [-0.25, -0.2) is 0 Å². The van der Waals surface area contributed by atoms with Crippen molar-refractivity contribution in [3.63, 3.8) is 0 Å². The van der Waals surface area contributed by atoms with Gasteiger partial charge in [0.2, 0.25) is 0 Å². The second kappa shape index (κ2) is 7.70. The minimum Gasteiger partial charge on any atom is -0.481 e. The summed E-state index contributed by atoms with van der Waals surface area (Å²) in [5.74, 6) is -1.44. The van der Waals surface area contributed by atoms with Crippen molar-refractivity contribution in [3.05, 3.63) is 24.0 Å². The van der Waals surface area contributed by atoms with Crippen molar-refractivity contribution in [2.45, 2.75) is 38.4 Å². The number of aliphatic carboxylic acids is 1. The molecule has 1 aromatic heterocycles. The molecule has 1 amide bonds. The molecule has 0 saturated carbocycles. The first-order chi connectivity index (χ1) is 9.79. The van der Waals surface area contributed by atoms with Gasteiger partial charge in [0.15, 0.2) is 0 Å². The number of hydrogen-bond acceptors (Lipinski definition) is 2. The molecule has 8 heteroatoms. The van der Waals surface area contributed by atoms with Gasteiger partial charge in [-0.05, 0) is 25.0 Å². The highest BCUT2D eigenvalue weighted by molar-refractivity contribution is 5.92. The summed E-state index contributed by atoms with van der Waals surface area (Å²) >= 11 is 0. The summed E-state index contributed by atoms with van der Waals surface area (Å²) < 4.78 is 37.8. The first-order valence-corrected chi connectivity index (χ1v) is 6.51. The third-order valence-electron chi connectivity index (χ3n) is 2.76. The Morgan fingerprint density at radius 3 is 2.57 bits per heavy atom. The van der Waals surface area contributed by atoms with Crippen LogP contribution in [0.15, 0.2) is 18.3 Å². The fourth-order valence-corrected chi connectivity index (χ4v) is 1.82. The van der Waals surface area contributed by atoms with Crippen LogP contribution in [-0.4, -0.2) is 34.3 Å². The van der Waals surface area contributed by atoms with Crippen LogP contribution in [0.4, 0.5) is 13.2 Å². The lowest BCUT2D eigenvalue weighted by Crippen LogP contribution is -2.28. The molecule has 0 aliphatic carbocycles. The molecule has 118 valence electrons.